The fraction of sp³-hybridized carbons (Fsp3) is 0.467. The van der Waals surface area contributed by atoms with Crippen LogP contribution in [0.2, 0.25) is 0 Å². The molecule has 0 aromatic heterocycles. The highest BCUT2D eigenvalue weighted by atomic mass is 16.2. The molecule has 2 rings (SSSR count). The summed E-state index contributed by atoms with van der Waals surface area (Å²) in [5, 5.41) is 2.75. The molecule has 21 heavy (non-hydrogen) atoms. The molecule has 1 heterocycles. The van der Waals surface area contributed by atoms with Crippen LogP contribution in [0.15, 0.2) is 24.3 Å². The van der Waals surface area contributed by atoms with Gasteiger partial charge in [0.25, 0.3) is 5.91 Å². The van der Waals surface area contributed by atoms with Gasteiger partial charge >= 0.3 is 0 Å². The Kier molecular flexibility index (Phi) is 4.93. The van der Waals surface area contributed by atoms with Gasteiger partial charge < -0.3 is 16.8 Å². The zero-order chi connectivity index (χ0) is 15.4. The minimum Gasteiger partial charge on any atom is -0.366 e. The first-order chi connectivity index (χ1) is 9.95. The summed E-state index contributed by atoms with van der Waals surface area (Å²) in [7, 11) is 0. The van der Waals surface area contributed by atoms with Gasteiger partial charge in [0, 0.05) is 19.1 Å². The van der Waals surface area contributed by atoms with Crippen LogP contribution in [0.5, 0.6) is 0 Å². The van der Waals surface area contributed by atoms with Crippen molar-refractivity contribution in [3.8, 4) is 0 Å². The van der Waals surface area contributed by atoms with Crippen LogP contribution in [0.3, 0.4) is 0 Å². The van der Waals surface area contributed by atoms with E-state index in [1.807, 2.05) is 4.90 Å². The van der Waals surface area contributed by atoms with E-state index >= 15 is 0 Å². The van der Waals surface area contributed by atoms with Crippen molar-refractivity contribution in [2.75, 3.05) is 25.0 Å². The zero-order valence-corrected chi connectivity index (χ0v) is 12.2. The molecule has 6 nitrogen and oxygen atoms in total. The van der Waals surface area contributed by atoms with Crippen LogP contribution in [0.25, 0.3) is 0 Å². The molecule has 6 heteroatoms. The summed E-state index contributed by atoms with van der Waals surface area (Å²) in [4.78, 5) is 25.5. The highest BCUT2D eigenvalue weighted by Gasteiger charge is 2.23. The molecule has 0 spiro atoms. The number of anilines is 1. The molecule has 1 aliphatic heterocycles. The number of carbonyl (C=O) groups excluding carboxylic acids is 2. The van der Waals surface area contributed by atoms with E-state index in [9.17, 15) is 9.59 Å². The van der Waals surface area contributed by atoms with Crippen LogP contribution < -0.4 is 16.8 Å². The van der Waals surface area contributed by atoms with Crippen molar-refractivity contribution in [3.63, 3.8) is 0 Å². The summed E-state index contributed by atoms with van der Waals surface area (Å²) in [6, 6.07) is 6.83. The monoisotopic (exact) mass is 290 g/mol. The predicted octanol–water partition coefficient (Wildman–Crippen LogP) is 0.393. The molecule has 0 radical (unpaired) electrons. The number of nitrogens with two attached hydrogens (primary N) is 2. The maximum atomic E-state index is 12.1. The maximum absolute atomic E-state index is 12.1. The summed E-state index contributed by atoms with van der Waals surface area (Å²) >= 11 is 0. The molecular weight excluding hydrogens is 268 g/mol. The normalized spacial score (nSPS) is 22.8. The van der Waals surface area contributed by atoms with Crippen LogP contribution in [-0.4, -0.2) is 42.4 Å². The molecule has 2 amide bonds. The Morgan fingerprint density at radius 2 is 2.05 bits per heavy atom. The molecule has 0 aliphatic carbocycles. The minimum absolute atomic E-state index is 0.111. The average molecular weight is 290 g/mol. The Bertz CT molecular complexity index is 522. The molecule has 1 aromatic rings. The lowest BCUT2D eigenvalue weighted by molar-refractivity contribution is -0.117. The quantitative estimate of drug-likeness (QED) is 0.746. The number of likely N-dealkylation sites (tertiary alicyclic amines) is 1. The third-order valence-electron chi connectivity index (χ3n) is 3.60. The van der Waals surface area contributed by atoms with Crippen molar-refractivity contribution < 1.29 is 9.59 Å². The van der Waals surface area contributed by atoms with E-state index in [0.717, 1.165) is 19.5 Å². The number of nitrogens with zero attached hydrogens (tertiary/aromatic N) is 1. The molecule has 0 saturated carbocycles. The fourth-order valence-electron chi connectivity index (χ4n) is 2.84. The topological polar surface area (TPSA) is 101 Å². The first-order valence-electron chi connectivity index (χ1n) is 7.12. The first kappa shape index (κ1) is 15.5. The van der Waals surface area contributed by atoms with Crippen molar-refractivity contribution in [1.82, 2.24) is 4.90 Å². The van der Waals surface area contributed by atoms with Crippen molar-refractivity contribution in [2.45, 2.75) is 19.4 Å². The first-order valence-corrected chi connectivity index (χ1v) is 7.12. The van der Waals surface area contributed by atoms with Crippen LogP contribution in [0.1, 0.15) is 23.7 Å². The van der Waals surface area contributed by atoms with Crippen LogP contribution in [0, 0.1) is 5.92 Å². The largest absolute Gasteiger partial charge is 0.366 e. The molecule has 1 saturated heterocycles. The van der Waals surface area contributed by atoms with Gasteiger partial charge in [0.15, 0.2) is 0 Å². The summed E-state index contributed by atoms with van der Waals surface area (Å²) in [6.07, 6.45) is 0.989. The summed E-state index contributed by atoms with van der Waals surface area (Å²) in [5.41, 5.74) is 12.0. The molecule has 0 bridgehead atoms. The average Bonchev–Trinajstić information content (AvgIpc) is 2.37. The Labute approximate surface area is 124 Å². The lowest BCUT2D eigenvalue weighted by atomic mass is 9.97. The molecule has 2 atom stereocenters. The predicted molar refractivity (Wildman–Crippen MR) is 81.8 cm³/mol. The van der Waals surface area contributed by atoms with Crippen molar-refractivity contribution in [2.24, 2.45) is 17.4 Å². The van der Waals surface area contributed by atoms with E-state index in [1.54, 1.807) is 24.3 Å². The van der Waals surface area contributed by atoms with Crippen molar-refractivity contribution >= 4 is 17.5 Å². The van der Waals surface area contributed by atoms with Crippen LogP contribution >= 0.6 is 0 Å². The number of carbonyl (C=O) groups is 2. The fourth-order valence-corrected chi connectivity index (χ4v) is 2.84. The molecule has 1 aromatic carbocycles. The van der Waals surface area contributed by atoms with E-state index in [1.165, 1.54) is 0 Å². The van der Waals surface area contributed by atoms with Gasteiger partial charge in [-0.3, -0.25) is 14.5 Å². The number of piperidine rings is 1. The summed E-state index contributed by atoms with van der Waals surface area (Å²) in [6.45, 7) is 3.98. The second kappa shape index (κ2) is 6.69. The van der Waals surface area contributed by atoms with E-state index in [0.29, 0.717) is 17.2 Å². The molecular formula is C15H22N4O2. The van der Waals surface area contributed by atoms with Gasteiger partial charge in [0.05, 0.1) is 17.8 Å². The molecule has 2 unspecified atom stereocenters. The number of benzene rings is 1. The van der Waals surface area contributed by atoms with Crippen LogP contribution in [0.4, 0.5) is 5.69 Å². The standard InChI is InChI=1S/C15H22N4O2/c1-10-6-11(16)8-19(7-10)9-14(20)18-13-5-3-2-4-12(13)15(17)21/h2-5,10-11H,6-9,16H2,1H3,(H2,17,21)(H,18,20). The molecule has 5 N–H and O–H groups in total. The number of hydrogen-bond donors (Lipinski definition) is 3. The van der Waals surface area contributed by atoms with Gasteiger partial charge in [0.1, 0.15) is 0 Å². The smallest absolute Gasteiger partial charge is 0.250 e. The molecule has 114 valence electrons. The Hall–Kier alpha value is -1.92. The third kappa shape index (κ3) is 4.27. The number of hydrogen-bond acceptors (Lipinski definition) is 4. The second-order valence-corrected chi connectivity index (χ2v) is 5.75. The lowest BCUT2D eigenvalue weighted by Crippen LogP contribution is -2.48. The highest BCUT2D eigenvalue weighted by Crippen LogP contribution is 2.16. The molecule has 1 fully saturated rings. The third-order valence-corrected chi connectivity index (χ3v) is 3.60. The number of rotatable bonds is 4. The van der Waals surface area contributed by atoms with Gasteiger partial charge in [-0.05, 0) is 24.5 Å². The van der Waals surface area contributed by atoms with Gasteiger partial charge in [-0.1, -0.05) is 19.1 Å². The van der Waals surface area contributed by atoms with Crippen molar-refractivity contribution in [1.29, 1.82) is 0 Å². The SMILES string of the molecule is CC1CC(N)CN(CC(=O)Nc2ccccc2C(N)=O)C1. The van der Waals surface area contributed by atoms with Gasteiger partial charge in [-0.15, -0.1) is 0 Å². The van der Waals surface area contributed by atoms with E-state index in [4.69, 9.17) is 11.5 Å². The van der Waals surface area contributed by atoms with Gasteiger partial charge in [-0.25, -0.2) is 0 Å². The lowest BCUT2D eigenvalue weighted by Gasteiger charge is -2.34. The number of amides is 2. The Morgan fingerprint density at radius 3 is 2.71 bits per heavy atom. The highest BCUT2D eigenvalue weighted by molar-refractivity contribution is 6.03. The zero-order valence-electron chi connectivity index (χ0n) is 12.2. The second-order valence-electron chi connectivity index (χ2n) is 5.75. The van der Waals surface area contributed by atoms with Gasteiger partial charge in [0.2, 0.25) is 5.91 Å². The number of para-hydroxylation sites is 1. The van der Waals surface area contributed by atoms with Crippen LogP contribution in [-0.2, 0) is 4.79 Å². The number of nitrogens with one attached hydrogen (secondary N) is 1. The van der Waals surface area contributed by atoms with E-state index < -0.39 is 5.91 Å². The number of primary amides is 1. The minimum atomic E-state index is -0.556. The van der Waals surface area contributed by atoms with E-state index in [2.05, 4.69) is 12.2 Å². The molecule has 1 aliphatic rings. The maximum Gasteiger partial charge on any atom is 0.250 e. The van der Waals surface area contributed by atoms with Crippen molar-refractivity contribution in [3.05, 3.63) is 29.8 Å². The van der Waals surface area contributed by atoms with Gasteiger partial charge in [-0.2, -0.15) is 0 Å². The Balaban J connectivity index is 1.97. The summed E-state index contributed by atoms with van der Waals surface area (Å²) in [5.74, 6) is -0.232. The Morgan fingerprint density at radius 1 is 1.33 bits per heavy atom. The van der Waals surface area contributed by atoms with E-state index in [-0.39, 0.29) is 18.5 Å². The summed E-state index contributed by atoms with van der Waals surface area (Å²) < 4.78 is 0.